The van der Waals surface area contributed by atoms with Crippen LogP contribution in [-0.2, 0) is 15.9 Å². The molecule has 0 saturated carbocycles. The molecular weight excluding hydrogens is 274 g/mol. The number of rotatable bonds is 13. The van der Waals surface area contributed by atoms with Gasteiger partial charge >= 0.3 is 0 Å². The molecule has 1 heterocycles. The zero-order valence-corrected chi connectivity index (χ0v) is 13.0. The molecule has 1 aromatic rings. The van der Waals surface area contributed by atoms with Crippen LogP contribution in [0.15, 0.2) is 4.52 Å². The summed E-state index contributed by atoms with van der Waals surface area (Å²) in [6.45, 7) is 7.25. The van der Waals surface area contributed by atoms with Gasteiger partial charge in [-0.15, -0.1) is 0 Å². The van der Waals surface area contributed by atoms with E-state index >= 15 is 0 Å². The van der Waals surface area contributed by atoms with Crippen molar-refractivity contribution < 1.29 is 19.1 Å². The molecule has 1 unspecified atom stereocenters. The van der Waals surface area contributed by atoms with Gasteiger partial charge in [0.15, 0.2) is 5.82 Å². The van der Waals surface area contributed by atoms with E-state index in [1.807, 2.05) is 0 Å². The summed E-state index contributed by atoms with van der Waals surface area (Å²) in [6, 6.07) is 0. The highest BCUT2D eigenvalue weighted by atomic mass is 16.5. The maximum Gasteiger partial charge on any atom is 0.227 e. The smallest absolute Gasteiger partial charge is 0.227 e. The number of aromatic nitrogens is 2. The zero-order chi connectivity index (χ0) is 15.3. The maximum absolute atomic E-state index is 9.71. The normalized spacial score (nSPS) is 12.7. The molecule has 7 heteroatoms. The standard InChI is InChI=1S/C14H27N3O4/c1-3-4-7-19-8-9-20-11-13(18)10-15-6-5-14-16-12(2)17-21-14/h13,15,18H,3-11H2,1-2H3. The second-order valence-corrected chi connectivity index (χ2v) is 4.88. The Hall–Kier alpha value is -1.02. The first-order chi connectivity index (χ1) is 10.2. The van der Waals surface area contributed by atoms with Gasteiger partial charge in [0, 0.05) is 26.1 Å². The van der Waals surface area contributed by atoms with E-state index in [-0.39, 0.29) is 0 Å². The van der Waals surface area contributed by atoms with Crippen LogP contribution in [0.4, 0.5) is 0 Å². The van der Waals surface area contributed by atoms with Crippen molar-refractivity contribution >= 4 is 0 Å². The molecule has 21 heavy (non-hydrogen) atoms. The number of aryl methyl sites for hydroxylation is 1. The average molecular weight is 301 g/mol. The van der Waals surface area contributed by atoms with E-state index in [1.165, 1.54) is 0 Å². The molecule has 0 fully saturated rings. The predicted molar refractivity (Wildman–Crippen MR) is 78.2 cm³/mol. The molecule has 0 saturated heterocycles. The van der Waals surface area contributed by atoms with Gasteiger partial charge in [0.1, 0.15) is 0 Å². The van der Waals surface area contributed by atoms with Gasteiger partial charge in [-0.05, 0) is 13.3 Å². The largest absolute Gasteiger partial charge is 0.389 e. The number of aliphatic hydroxyl groups is 1. The fourth-order valence-electron chi connectivity index (χ4n) is 1.65. The van der Waals surface area contributed by atoms with E-state index in [9.17, 15) is 5.11 Å². The topological polar surface area (TPSA) is 89.6 Å². The number of nitrogens with one attached hydrogen (secondary N) is 1. The molecule has 2 N–H and O–H groups in total. The third kappa shape index (κ3) is 9.52. The summed E-state index contributed by atoms with van der Waals surface area (Å²) < 4.78 is 15.7. The summed E-state index contributed by atoms with van der Waals surface area (Å²) in [5.74, 6) is 1.24. The lowest BCUT2D eigenvalue weighted by atomic mass is 10.3. The van der Waals surface area contributed by atoms with Crippen LogP contribution in [0.1, 0.15) is 31.5 Å². The maximum atomic E-state index is 9.71. The van der Waals surface area contributed by atoms with E-state index < -0.39 is 6.10 Å². The minimum Gasteiger partial charge on any atom is -0.389 e. The van der Waals surface area contributed by atoms with Gasteiger partial charge in [0.2, 0.25) is 5.89 Å². The van der Waals surface area contributed by atoms with Gasteiger partial charge in [-0.25, -0.2) is 0 Å². The minimum atomic E-state index is -0.523. The highest BCUT2D eigenvalue weighted by molar-refractivity contribution is 4.83. The van der Waals surface area contributed by atoms with Crippen LogP contribution in [0.25, 0.3) is 0 Å². The van der Waals surface area contributed by atoms with Crippen LogP contribution in [0.3, 0.4) is 0 Å². The monoisotopic (exact) mass is 301 g/mol. The molecule has 0 amide bonds. The average Bonchev–Trinajstić information content (AvgIpc) is 2.88. The Morgan fingerprint density at radius 1 is 1.29 bits per heavy atom. The fourth-order valence-corrected chi connectivity index (χ4v) is 1.65. The summed E-state index contributed by atoms with van der Waals surface area (Å²) >= 11 is 0. The van der Waals surface area contributed by atoms with Gasteiger partial charge in [-0.2, -0.15) is 4.98 Å². The quantitative estimate of drug-likeness (QED) is 0.518. The van der Waals surface area contributed by atoms with Crippen LogP contribution in [0.5, 0.6) is 0 Å². The van der Waals surface area contributed by atoms with Crippen molar-refractivity contribution in [3.63, 3.8) is 0 Å². The molecule has 0 aliphatic heterocycles. The summed E-state index contributed by atoms with van der Waals surface area (Å²) in [5.41, 5.74) is 0. The van der Waals surface area contributed by atoms with Gasteiger partial charge < -0.3 is 24.4 Å². The van der Waals surface area contributed by atoms with E-state index in [0.29, 0.717) is 51.0 Å². The molecule has 0 spiro atoms. The van der Waals surface area contributed by atoms with Crippen LogP contribution < -0.4 is 5.32 Å². The van der Waals surface area contributed by atoms with Crippen molar-refractivity contribution in [2.45, 2.75) is 39.2 Å². The van der Waals surface area contributed by atoms with Crippen LogP contribution in [-0.4, -0.2) is 60.9 Å². The van der Waals surface area contributed by atoms with Gasteiger partial charge in [0.05, 0.1) is 25.9 Å². The Balaban J connectivity index is 1.88. The Labute approximate surface area is 126 Å². The molecule has 7 nitrogen and oxygen atoms in total. The number of ether oxygens (including phenoxy) is 2. The molecule has 0 aliphatic rings. The second-order valence-electron chi connectivity index (χ2n) is 4.88. The van der Waals surface area contributed by atoms with Crippen LogP contribution >= 0.6 is 0 Å². The number of unbranched alkanes of at least 4 members (excludes halogenated alkanes) is 1. The van der Waals surface area contributed by atoms with Crippen molar-refractivity contribution in [2.75, 3.05) is 39.5 Å². The fraction of sp³-hybridized carbons (Fsp3) is 0.857. The lowest BCUT2D eigenvalue weighted by Gasteiger charge is -2.12. The summed E-state index contributed by atoms with van der Waals surface area (Å²) in [7, 11) is 0. The molecule has 1 rings (SSSR count). The Kier molecular flexibility index (Phi) is 9.98. The molecular formula is C14H27N3O4. The molecule has 122 valence electrons. The number of aliphatic hydroxyl groups excluding tert-OH is 1. The first kappa shape index (κ1) is 18.0. The van der Waals surface area contributed by atoms with Crippen molar-refractivity contribution in [3.05, 3.63) is 11.7 Å². The van der Waals surface area contributed by atoms with Gasteiger partial charge in [0.25, 0.3) is 0 Å². The van der Waals surface area contributed by atoms with E-state index in [4.69, 9.17) is 14.0 Å². The first-order valence-electron chi connectivity index (χ1n) is 7.55. The number of hydrogen-bond donors (Lipinski definition) is 2. The lowest BCUT2D eigenvalue weighted by Crippen LogP contribution is -2.32. The van der Waals surface area contributed by atoms with E-state index in [1.54, 1.807) is 6.92 Å². The Morgan fingerprint density at radius 3 is 2.81 bits per heavy atom. The number of nitrogens with zero attached hydrogens (tertiary/aromatic N) is 2. The lowest BCUT2D eigenvalue weighted by molar-refractivity contribution is 0.00398. The third-order valence-electron chi connectivity index (χ3n) is 2.79. The molecule has 1 aromatic heterocycles. The van der Waals surface area contributed by atoms with E-state index in [2.05, 4.69) is 22.4 Å². The highest BCUT2D eigenvalue weighted by Crippen LogP contribution is 1.95. The van der Waals surface area contributed by atoms with Crippen molar-refractivity contribution in [1.29, 1.82) is 0 Å². The third-order valence-corrected chi connectivity index (χ3v) is 2.79. The van der Waals surface area contributed by atoms with Crippen LogP contribution in [0.2, 0.25) is 0 Å². The SMILES string of the molecule is CCCCOCCOCC(O)CNCCc1nc(C)no1. The Morgan fingerprint density at radius 2 is 2.10 bits per heavy atom. The Bertz CT molecular complexity index is 360. The molecule has 0 bridgehead atoms. The van der Waals surface area contributed by atoms with Crippen molar-refractivity contribution in [3.8, 4) is 0 Å². The van der Waals surface area contributed by atoms with E-state index in [0.717, 1.165) is 19.4 Å². The first-order valence-corrected chi connectivity index (χ1v) is 7.55. The van der Waals surface area contributed by atoms with Crippen LogP contribution in [0, 0.1) is 6.92 Å². The number of hydrogen-bond acceptors (Lipinski definition) is 7. The van der Waals surface area contributed by atoms with Gasteiger partial charge in [-0.3, -0.25) is 0 Å². The molecule has 0 radical (unpaired) electrons. The minimum absolute atomic E-state index is 0.309. The van der Waals surface area contributed by atoms with Gasteiger partial charge in [-0.1, -0.05) is 18.5 Å². The van der Waals surface area contributed by atoms with Crippen molar-refractivity contribution in [1.82, 2.24) is 15.5 Å². The molecule has 0 aromatic carbocycles. The van der Waals surface area contributed by atoms with Crippen molar-refractivity contribution in [2.24, 2.45) is 0 Å². The highest BCUT2D eigenvalue weighted by Gasteiger charge is 2.05. The molecule has 0 aliphatic carbocycles. The summed E-state index contributed by atoms with van der Waals surface area (Å²) in [6.07, 6.45) is 2.34. The summed E-state index contributed by atoms with van der Waals surface area (Å²) in [5, 5.41) is 16.5. The molecule has 1 atom stereocenters. The predicted octanol–water partition coefficient (Wildman–Crippen LogP) is 0.704. The summed E-state index contributed by atoms with van der Waals surface area (Å²) in [4.78, 5) is 4.10. The second kappa shape index (κ2) is 11.6. The zero-order valence-electron chi connectivity index (χ0n) is 13.0.